The molecule has 0 unspecified atom stereocenters. The Morgan fingerprint density at radius 1 is 0.765 bits per heavy atom. The van der Waals surface area contributed by atoms with Crippen LogP contribution in [0.25, 0.3) is 11.0 Å². The first-order chi connectivity index (χ1) is 8.25. The van der Waals surface area contributed by atoms with Crippen LogP contribution >= 0.6 is 12.2 Å². The number of rotatable bonds is 0. The van der Waals surface area contributed by atoms with E-state index >= 15 is 0 Å². The lowest BCUT2D eigenvalue weighted by Gasteiger charge is -1.82. The third-order valence-electron chi connectivity index (χ3n) is 2.18. The van der Waals surface area contributed by atoms with Gasteiger partial charge in [-0.15, -0.1) is 0 Å². The summed E-state index contributed by atoms with van der Waals surface area (Å²) in [5, 5.41) is 8.63. The van der Waals surface area contributed by atoms with Gasteiger partial charge in [0.05, 0.1) is 11.0 Å². The number of nitrogens with one attached hydrogen (secondary N) is 2. The smallest absolute Gasteiger partial charge is 0.175 e. The normalized spacial score (nSPS) is 9.65. The van der Waals surface area contributed by atoms with Crippen molar-refractivity contribution >= 4 is 23.3 Å². The quantitative estimate of drug-likeness (QED) is 0.529. The van der Waals surface area contributed by atoms with Crippen LogP contribution in [-0.4, -0.2) is 15.1 Å². The monoisotopic (exact) mass is 244 g/mol. The summed E-state index contributed by atoms with van der Waals surface area (Å²) in [6.45, 7) is 0. The van der Waals surface area contributed by atoms with Gasteiger partial charge < -0.3 is 15.1 Å². The molecule has 0 bridgehead atoms. The summed E-state index contributed by atoms with van der Waals surface area (Å²) in [6, 6.07) is 16.6. The number of hydrogen-bond donors (Lipinski definition) is 3. The number of para-hydroxylation sites is 3. The molecule has 0 saturated carbocycles. The van der Waals surface area contributed by atoms with Crippen LogP contribution < -0.4 is 0 Å². The Labute approximate surface area is 104 Å². The summed E-state index contributed by atoms with van der Waals surface area (Å²) in [5.41, 5.74) is 2.13. The molecule has 2 aromatic carbocycles. The van der Waals surface area contributed by atoms with E-state index in [0.29, 0.717) is 10.5 Å². The fourth-order valence-electron chi connectivity index (χ4n) is 1.40. The number of benzene rings is 2. The molecule has 0 aliphatic rings. The largest absolute Gasteiger partial charge is 0.508 e. The van der Waals surface area contributed by atoms with Crippen molar-refractivity contribution in [2.75, 3.05) is 0 Å². The lowest BCUT2D eigenvalue weighted by molar-refractivity contribution is 0.475. The SMILES string of the molecule is Oc1ccccc1.S=c1[nH]c2ccccc2[nH]1. The highest BCUT2D eigenvalue weighted by Crippen LogP contribution is 2.07. The van der Waals surface area contributed by atoms with E-state index in [4.69, 9.17) is 17.3 Å². The average Bonchev–Trinajstić information content (AvgIpc) is 2.71. The maximum Gasteiger partial charge on any atom is 0.175 e. The third kappa shape index (κ3) is 3.19. The highest BCUT2D eigenvalue weighted by Gasteiger charge is 1.90. The van der Waals surface area contributed by atoms with E-state index < -0.39 is 0 Å². The van der Waals surface area contributed by atoms with E-state index in [0.717, 1.165) is 11.0 Å². The molecule has 3 aromatic rings. The van der Waals surface area contributed by atoms with Crippen LogP contribution in [-0.2, 0) is 0 Å². The zero-order chi connectivity index (χ0) is 12.1. The summed E-state index contributed by atoms with van der Waals surface area (Å²) in [4.78, 5) is 6.04. The molecule has 0 aliphatic heterocycles. The number of phenolic OH excluding ortho intramolecular Hbond substituents is 1. The number of hydrogen-bond acceptors (Lipinski definition) is 2. The second-order valence-electron chi connectivity index (χ2n) is 3.46. The van der Waals surface area contributed by atoms with Crippen LogP contribution in [0.4, 0.5) is 0 Å². The molecule has 0 atom stereocenters. The van der Waals surface area contributed by atoms with Gasteiger partial charge in [0, 0.05) is 0 Å². The lowest BCUT2D eigenvalue weighted by Crippen LogP contribution is -1.63. The number of phenols is 1. The van der Waals surface area contributed by atoms with Crippen molar-refractivity contribution in [1.29, 1.82) is 0 Å². The number of fused-ring (bicyclic) bond motifs is 1. The van der Waals surface area contributed by atoms with Crippen molar-refractivity contribution in [3.63, 3.8) is 0 Å². The Bertz CT molecular complexity index is 607. The van der Waals surface area contributed by atoms with Gasteiger partial charge >= 0.3 is 0 Å². The number of aromatic amines is 2. The summed E-state index contributed by atoms with van der Waals surface area (Å²) < 4.78 is 0.682. The van der Waals surface area contributed by atoms with Crippen LogP contribution in [0.3, 0.4) is 0 Å². The first-order valence-corrected chi connectivity index (χ1v) is 5.57. The van der Waals surface area contributed by atoms with Crippen molar-refractivity contribution in [2.45, 2.75) is 0 Å². The van der Waals surface area contributed by atoms with E-state index in [1.54, 1.807) is 24.3 Å². The van der Waals surface area contributed by atoms with Gasteiger partial charge in [0.15, 0.2) is 4.77 Å². The second kappa shape index (κ2) is 5.32. The van der Waals surface area contributed by atoms with Gasteiger partial charge in [-0.3, -0.25) is 0 Å². The maximum absolute atomic E-state index is 8.63. The molecule has 0 amide bonds. The molecule has 1 aromatic heterocycles. The molecule has 0 radical (unpaired) electrons. The minimum atomic E-state index is 0.322. The number of H-pyrrole nitrogens is 2. The molecule has 1 heterocycles. The average molecular weight is 244 g/mol. The fraction of sp³-hybridized carbons (Fsp3) is 0. The summed E-state index contributed by atoms with van der Waals surface area (Å²) in [7, 11) is 0. The number of aromatic hydroxyl groups is 1. The van der Waals surface area contributed by atoms with Gasteiger partial charge in [-0.05, 0) is 36.5 Å². The first-order valence-electron chi connectivity index (χ1n) is 5.17. The van der Waals surface area contributed by atoms with E-state index in [1.165, 1.54) is 0 Å². The Hall–Kier alpha value is -2.07. The molecule has 3 nitrogen and oxygen atoms in total. The third-order valence-corrected chi connectivity index (χ3v) is 2.38. The highest BCUT2D eigenvalue weighted by molar-refractivity contribution is 7.71. The molecule has 0 fully saturated rings. The molecular weight excluding hydrogens is 232 g/mol. The molecule has 3 rings (SSSR count). The van der Waals surface area contributed by atoms with Crippen molar-refractivity contribution in [3.05, 3.63) is 59.4 Å². The number of aromatic nitrogens is 2. The Kier molecular flexibility index (Phi) is 3.57. The second-order valence-corrected chi connectivity index (χ2v) is 3.87. The van der Waals surface area contributed by atoms with Gasteiger partial charge in [-0.25, -0.2) is 0 Å². The zero-order valence-corrected chi connectivity index (χ0v) is 9.87. The van der Waals surface area contributed by atoms with Crippen LogP contribution in [0.1, 0.15) is 0 Å². The maximum atomic E-state index is 8.63. The molecule has 0 spiro atoms. The highest BCUT2D eigenvalue weighted by atomic mass is 32.1. The molecule has 17 heavy (non-hydrogen) atoms. The standard InChI is InChI=1S/C7H6N2S.C6H6O/c10-7-8-5-3-1-2-4-6(5)9-7;7-6-4-2-1-3-5-6/h1-4H,(H2,8,9,10);1-5,7H. The minimum Gasteiger partial charge on any atom is -0.508 e. The first kappa shape index (κ1) is 11.4. The summed E-state index contributed by atoms with van der Waals surface area (Å²) >= 11 is 4.90. The van der Waals surface area contributed by atoms with E-state index in [2.05, 4.69) is 9.97 Å². The topological polar surface area (TPSA) is 51.8 Å². The van der Waals surface area contributed by atoms with E-state index in [1.807, 2.05) is 30.3 Å². The van der Waals surface area contributed by atoms with E-state index in [9.17, 15) is 0 Å². The molecule has 0 aliphatic carbocycles. The van der Waals surface area contributed by atoms with Crippen LogP contribution in [0.15, 0.2) is 54.6 Å². The van der Waals surface area contributed by atoms with Gasteiger partial charge in [0.2, 0.25) is 0 Å². The van der Waals surface area contributed by atoms with Gasteiger partial charge in [0.25, 0.3) is 0 Å². The Balaban J connectivity index is 0.000000136. The molecular formula is C13H12N2OS. The fourth-order valence-corrected chi connectivity index (χ4v) is 1.62. The van der Waals surface area contributed by atoms with Crippen LogP contribution in [0, 0.1) is 4.77 Å². The van der Waals surface area contributed by atoms with Gasteiger partial charge in [-0.2, -0.15) is 0 Å². The number of imidazole rings is 1. The zero-order valence-electron chi connectivity index (χ0n) is 9.05. The molecule has 0 saturated heterocycles. The Morgan fingerprint density at radius 2 is 1.24 bits per heavy atom. The molecule has 4 heteroatoms. The van der Waals surface area contributed by atoms with Crippen molar-refractivity contribution < 1.29 is 5.11 Å². The molecule has 3 N–H and O–H groups in total. The van der Waals surface area contributed by atoms with Crippen molar-refractivity contribution in [2.24, 2.45) is 0 Å². The minimum absolute atomic E-state index is 0.322. The van der Waals surface area contributed by atoms with Crippen molar-refractivity contribution in [1.82, 2.24) is 9.97 Å². The van der Waals surface area contributed by atoms with Crippen LogP contribution in [0.5, 0.6) is 5.75 Å². The van der Waals surface area contributed by atoms with Gasteiger partial charge in [0.1, 0.15) is 5.75 Å². The predicted molar refractivity (Wildman–Crippen MR) is 71.6 cm³/mol. The van der Waals surface area contributed by atoms with Crippen LogP contribution in [0.2, 0.25) is 0 Å². The van der Waals surface area contributed by atoms with E-state index in [-0.39, 0.29) is 0 Å². The lowest BCUT2D eigenvalue weighted by atomic mass is 10.3. The van der Waals surface area contributed by atoms with Crippen molar-refractivity contribution in [3.8, 4) is 5.75 Å². The summed E-state index contributed by atoms with van der Waals surface area (Å²) in [5.74, 6) is 0.322. The van der Waals surface area contributed by atoms with Gasteiger partial charge in [-0.1, -0.05) is 30.3 Å². The summed E-state index contributed by atoms with van der Waals surface area (Å²) in [6.07, 6.45) is 0. The predicted octanol–water partition coefficient (Wildman–Crippen LogP) is 3.62. The Morgan fingerprint density at radius 3 is 1.65 bits per heavy atom. The molecule has 86 valence electrons.